The summed E-state index contributed by atoms with van der Waals surface area (Å²) in [5.74, 6) is 2.60. The largest absolute Gasteiger partial charge is 0.395 e. The topological polar surface area (TPSA) is 61.3 Å². The molecule has 19 heavy (non-hydrogen) atoms. The summed E-state index contributed by atoms with van der Waals surface area (Å²) < 4.78 is 0. The number of aliphatic hydroxyl groups is 1. The van der Waals surface area contributed by atoms with E-state index >= 15 is 0 Å². The Labute approximate surface area is 116 Å². The predicted molar refractivity (Wildman–Crippen MR) is 79.9 cm³/mol. The standard InChI is InChI=1S/C14H26N4O/c1-5-7-15-13-11(3)14(17-12(4)16-13)18(8-6-2)9-10-19/h19H,5-10H2,1-4H3,(H,15,16,17). The Kier molecular flexibility index (Phi) is 6.56. The van der Waals surface area contributed by atoms with Crippen LogP contribution in [0.1, 0.15) is 38.1 Å². The van der Waals surface area contributed by atoms with Crippen LogP contribution in [0.25, 0.3) is 0 Å². The summed E-state index contributed by atoms with van der Waals surface area (Å²) in [6.07, 6.45) is 2.09. The monoisotopic (exact) mass is 266 g/mol. The Balaban J connectivity index is 3.06. The number of hydrogen-bond donors (Lipinski definition) is 2. The van der Waals surface area contributed by atoms with Gasteiger partial charge in [-0.3, -0.25) is 0 Å². The molecular formula is C14H26N4O. The van der Waals surface area contributed by atoms with E-state index < -0.39 is 0 Å². The van der Waals surface area contributed by atoms with Crippen LogP contribution in [0.15, 0.2) is 0 Å². The van der Waals surface area contributed by atoms with Crippen LogP contribution in [0.2, 0.25) is 0 Å². The van der Waals surface area contributed by atoms with Crippen LogP contribution in [-0.4, -0.2) is 41.3 Å². The Morgan fingerprint density at radius 2 is 1.84 bits per heavy atom. The molecule has 0 aromatic carbocycles. The van der Waals surface area contributed by atoms with Gasteiger partial charge < -0.3 is 15.3 Å². The van der Waals surface area contributed by atoms with Crippen molar-refractivity contribution in [2.45, 2.75) is 40.5 Å². The lowest BCUT2D eigenvalue weighted by Crippen LogP contribution is -2.29. The fourth-order valence-corrected chi connectivity index (χ4v) is 2.05. The van der Waals surface area contributed by atoms with E-state index in [2.05, 4.69) is 34.0 Å². The molecule has 1 heterocycles. The molecule has 0 amide bonds. The van der Waals surface area contributed by atoms with E-state index in [9.17, 15) is 5.11 Å². The molecule has 5 nitrogen and oxygen atoms in total. The summed E-state index contributed by atoms with van der Waals surface area (Å²) in [4.78, 5) is 11.1. The molecule has 0 aliphatic carbocycles. The van der Waals surface area contributed by atoms with Gasteiger partial charge in [0.1, 0.15) is 17.5 Å². The minimum absolute atomic E-state index is 0.139. The Bertz CT molecular complexity index is 389. The van der Waals surface area contributed by atoms with Gasteiger partial charge in [0.25, 0.3) is 0 Å². The smallest absolute Gasteiger partial charge is 0.137 e. The highest BCUT2D eigenvalue weighted by Crippen LogP contribution is 2.23. The zero-order valence-corrected chi connectivity index (χ0v) is 12.5. The molecule has 1 aromatic rings. The van der Waals surface area contributed by atoms with Crippen molar-refractivity contribution in [2.75, 3.05) is 36.5 Å². The van der Waals surface area contributed by atoms with Crippen molar-refractivity contribution >= 4 is 11.6 Å². The summed E-state index contributed by atoms with van der Waals surface area (Å²) in [7, 11) is 0. The first-order valence-corrected chi connectivity index (χ1v) is 7.08. The van der Waals surface area contributed by atoms with Crippen molar-refractivity contribution in [3.8, 4) is 0 Å². The third kappa shape index (κ3) is 4.35. The lowest BCUT2D eigenvalue weighted by molar-refractivity contribution is 0.301. The fourth-order valence-electron chi connectivity index (χ4n) is 2.05. The number of aliphatic hydroxyl groups excluding tert-OH is 1. The van der Waals surface area contributed by atoms with Gasteiger partial charge in [0.05, 0.1) is 6.61 Å². The Morgan fingerprint density at radius 1 is 1.11 bits per heavy atom. The minimum atomic E-state index is 0.139. The Morgan fingerprint density at radius 3 is 2.42 bits per heavy atom. The average molecular weight is 266 g/mol. The summed E-state index contributed by atoms with van der Waals surface area (Å²) in [5.41, 5.74) is 1.06. The van der Waals surface area contributed by atoms with Crippen molar-refractivity contribution in [3.63, 3.8) is 0 Å². The van der Waals surface area contributed by atoms with Gasteiger partial charge in [-0.15, -0.1) is 0 Å². The maximum Gasteiger partial charge on any atom is 0.137 e. The van der Waals surface area contributed by atoms with Crippen molar-refractivity contribution in [1.29, 1.82) is 0 Å². The quantitative estimate of drug-likeness (QED) is 0.754. The molecule has 0 fully saturated rings. The van der Waals surface area contributed by atoms with E-state index in [1.165, 1.54) is 0 Å². The van der Waals surface area contributed by atoms with E-state index in [0.29, 0.717) is 6.54 Å². The lowest BCUT2D eigenvalue weighted by Gasteiger charge is -2.25. The molecule has 108 valence electrons. The van der Waals surface area contributed by atoms with E-state index in [0.717, 1.165) is 49.0 Å². The second-order valence-corrected chi connectivity index (χ2v) is 4.71. The molecule has 5 heteroatoms. The molecule has 0 unspecified atom stereocenters. The van der Waals surface area contributed by atoms with E-state index in [1.54, 1.807) is 0 Å². The summed E-state index contributed by atoms with van der Waals surface area (Å²) in [5, 5.41) is 12.5. The summed E-state index contributed by atoms with van der Waals surface area (Å²) in [6.45, 7) is 10.8. The average Bonchev–Trinajstić information content (AvgIpc) is 2.39. The molecule has 0 aliphatic rings. The van der Waals surface area contributed by atoms with E-state index in [1.807, 2.05) is 13.8 Å². The molecule has 0 saturated carbocycles. The van der Waals surface area contributed by atoms with Crippen molar-refractivity contribution in [2.24, 2.45) is 0 Å². The third-order valence-electron chi connectivity index (χ3n) is 2.94. The summed E-state index contributed by atoms with van der Waals surface area (Å²) in [6, 6.07) is 0. The van der Waals surface area contributed by atoms with Gasteiger partial charge in [-0.1, -0.05) is 13.8 Å². The number of aryl methyl sites for hydroxylation is 1. The molecule has 0 atom stereocenters. The molecule has 2 N–H and O–H groups in total. The highest BCUT2D eigenvalue weighted by Gasteiger charge is 2.14. The van der Waals surface area contributed by atoms with E-state index in [-0.39, 0.29) is 6.61 Å². The van der Waals surface area contributed by atoms with Gasteiger partial charge in [-0.25, -0.2) is 9.97 Å². The summed E-state index contributed by atoms with van der Waals surface area (Å²) >= 11 is 0. The van der Waals surface area contributed by atoms with Crippen molar-refractivity contribution < 1.29 is 5.11 Å². The fraction of sp³-hybridized carbons (Fsp3) is 0.714. The van der Waals surface area contributed by atoms with Gasteiger partial charge in [-0.2, -0.15) is 0 Å². The van der Waals surface area contributed by atoms with Crippen LogP contribution < -0.4 is 10.2 Å². The zero-order chi connectivity index (χ0) is 14.3. The van der Waals surface area contributed by atoms with Gasteiger partial charge >= 0.3 is 0 Å². The number of nitrogens with one attached hydrogen (secondary N) is 1. The molecule has 0 aliphatic heterocycles. The molecular weight excluding hydrogens is 240 g/mol. The molecule has 0 bridgehead atoms. The van der Waals surface area contributed by atoms with Gasteiger partial charge in [0, 0.05) is 25.2 Å². The van der Waals surface area contributed by atoms with Crippen molar-refractivity contribution in [3.05, 3.63) is 11.4 Å². The molecule has 1 aromatic heterocycles. The second kappa shape index (κ2) is 7.94. The van der Waals surface area contributed by atoms with Crippen LogP contribution in [0.5, 0.6) is 0 Å². The number of rotatable bonds is 8. The van der Waals surface area contributed by atoms with Crippen LogP contribution in [0, 0.1) is 13.8 Å². The number of anilines is 2. The van der Waals surface area contributed by atoms with Gasteiger partial charge in [0.2, 0.25) is 0 Å². The number of nitrogens with zero attached hydrogens (tertiary/aromatic N) is 3. The first-order valence-electron chi connectivity index (χ1n) is 7.08. The zero-order valence-electron chi connectivity index (χ0n) is 12.5. The Hall–Kier alpha value is -1.36. The van der Waals surface area contributed by atoms with Crippen LogP contribution in [0.3, 0.4) is 0 Å². The maximum absolute atomic E-state index is 9.19. The first kappa shape index (κ1) is 15.7. The van der Waals surface area contributed by atoms with Crippen LogP contribution in [-0.2, 0) is 0 Å². The maximum atomic E-state index is 9.19. The second-order valence-electron chi connectivity index (χ2n) is 4.71. The van der Waals surface area contributed by atoms with Gasteiger partial charge in [0.15, 0.2) is 0 Å². The predicted octanol–water partition coefficient (Wildman–Crippen LogP) is 2.12. The van der Waals surface area contributed by atoms with Crippen LogP contribution >= 0.6 is 0 Å². The number of hydrogen-bond acceptors (Lipinski definition) is 5. The van der Waals surface area contributed by atoms with Crippen molar-refractivity contribution in [1.82, 2.24) is 9.97 Å². The first-order chi connectivity index (χ1) is 9.13. The molecule has 1 rings (SSSR count). The highest BCUT2D eigenvalue weighted by atomic mass is 16.3. The van der Waals surface area contributed by atoms with E-state index in [4.69, 9.17) is 0 Å². The molecule has 0 radical (unpaired) electrons. The van der Waals surface area contributed by atoms with Gasteiger partial charge in [-0.05, 0) is 26.7 Å². The minimum Gasteiger partial charge on any atom is -0.395 e. The molecule has 0 saturated heterocycles. The highest BCUT2D eigenvalue weighted by molar-refractivity contribution is 5.58. The number of aromatic nitrogens is 2. The lowest BCUT2D eigenvalue weighted by atomic mass is 10.2. The molecule has 0 spiro atoms. The van der Waals surface area contributed by atoms with Crippen LogP contribution in [0.4, 0.5) is 11.6 Å². The SMILES string of the molecule is CCCNc1nc(C)nc(N(CCC)CCO)c1C. The normalized spacial score (nSPS) is 10.6. The third-order valence-corrected chi connectivity index (χ3v) is 2.94.